The molecule has 0 N–H and O–H groups in total. The lowest BCUT2D eigenvalue weighted by atomic mass is 10.0. The molecule has 0 radical (unpaired) electrons. The van der Waals surface area contributed by atoms with E-state index in [0.717, 1.165) is 21.6 Å². The van der Waals surface area contributed by atoms with Gasteiger partial charge in [0.2, 0.25) is 0 Å². The molecule has 0 bridgehead atoms. The molecule has 24 heavy (non-hydrogen) atoms. The fourth-order valence-electron chi connectivity index (χ4n) is 2.93. The normalized spacial score (nSPS) is 15.5. The highest BCUT2D eigenvalue weighted by Crippen LogP contribution is 2.40. The van der Waals surface area contributed by atoms with Crippen molar-refractivity contribution in [1.82, 2.24) is 0 Å². The summed E-state index contributed by atoms with van der Waals surface area (Å²) < 4.78 is 19.0. The third kappa shape index (κ3) is 2.74. The number of benzene rings is 3. The highest BCUT2D eigenvalue weighted by molar-refractivity contribution is 7.85. The average molecular weight is 355 g/mol. The van der Waals surface area contributed by atoms with Crippen molar-refractivity contribution in [2.24, 2.45) is 0 Å². The number of fused-ring (bicyclic) bond motifs is 2. The predicted molar refractivity (Wildman–Crippen MR) is 96.1 cm³/mol. The van der Waals surface area contributed by atoms with Gasteiger partial charge in [-0.1, -0.05) is 60.1 Å². The summed E-state index contributed by atoms with van der Waals surface area (Å²) in [5.41, 5.74) is 3.04. The molecule has 3 aromatic carbocycles. The number of rotatable bonds is 3. The van der Waals surface area contributed by atoms with Crippen LogP contribution in [0.25, 0.3) is 0 Å². The van der Waals surface area contributed by atoms with Gasteiger partial charge in [-0.15, -0.1) is 0 Å². The minimum absolute atomic E-state index is 0.438. The molecule has 0 aromatic heterocycles. The van der Waals surface area contributed by atoms with Crippen LogP contribution in [0.3, 0.4) is 0 Å². The predicted octanol–water partition coefficient (Wildman–Crippen LogP) is 4.99. The molecule has 0 saturated heterocycles. The van der Waals surface area contributed by atoms with E-state index >= 15 is 0 Å². The summed E-state index contributed by atoms with van der Waals surface area (Å²) in [5.74, 6) is 0.645. The number of hydrogen-bond acceptors (Lipinski definition) is 2. The Balaban J connectivity index is 1.73. The second-order valence-electron chi connectivity index (χ2n) is 5.68. The summed E-state index contributed by atoms with van der Waals surface area (Å²) in [7, 11) is -1.28. The standard InChI is InChI=1S/C20H15ClO2S/c21-17-10-11-18(23-13-14-6-2-1-3-7-14)20-16(17)12-15-8-4-5-9-19(15)24(20)22/h1-11H,12-13H2. The molecule has 2 nitrogen and oxygen atoms in total. The highest BCUT2D eigenvalue weighted by Gasteiger charge is 2.27. The molecule has 0 spiro atoms. The van der Waals surface area contributed by atoms with Crippen LogP contribution in [0, 0.1) is 0 Å². The SMILES string of the molecule is O=S1c2ccccc2Cc2c(Cl)ccc(OCc3ccccc3)c21. The Morgan fingerprint density at radius 3 is 2.54 bits per heavy atom. The van der Waals surface area contributed by atoms with E-state index in [2.05, 4.69) is 0 Å². The lowest BCUT2D eigenvalue weighted by Crippen LogP contribution is -2.12. The molecule has 4 heteroatoms. The van der Waals surface area contributed by atoms with Crippen molar-refractivity contribution in [3.8, 4) is 5.75 Å². The second kappa shape index (κ2) is 6.42. The van der Waals surface area contributed by atoms with E-state index in [1.165, 1.54) is 0 Å². The molecule has 0 saturated carbocycles. The zero-order valence-electron chi connectivity index (χ0n) is 12.9. The first-order chi connectivity index (χ1) is 11.7. The topological polar surface area (TPSA) is 26.3 Å². The minimum Gasteiger partial charge on any atom is -0.488 e. The molecule has 0 aliphatic carbocycles. The molecule has 1 unspecified atom stereocenters. The van der Waals surface area contributed by atoms with Crippen molar-refractivity contribution in [1.29, 1.82) is 0 Å². The molecule has 1 heterocycles. The van der Waals surface area contributed by atoms with Crippen molar-refractivity contribution in [2.75, 3.05) is 0 Å². The van der Waals surface area contributed by atoms with Crippen LogP contribution in [0.15, 0.2) is 76.5 Å². The fraction of sp³-hybridized carbons (Fsp3) is 0.100. The molecule has 120 valence electrons. The van der Waals surface area contributed by atoms with Crippen molar-refractivity contribution >= 4 is 22.4 Å². The molecule has 0 amide bonds. The summed E-state index contributed by atoms with van der Waals surface area (Å²) >= 11 is 6.37. The van der Waals surface area contributed by atoms with E-state index in [0.29, 0.717) is 28.7 Å². The maximum Gasteiger partial charge on any atom is 0.136 e. The molecule has 4 rings (SSSR count). The van der Waals surface area contributed by atoms with Crippen LogP contribution in [0.1, 0.15) is 16.7 Å². The minimum atomic E-state index is -1.28. The van der Waals surface area contributed by atoms with Crippen LogP contribution >= 0.6 is 11.6 Å². The Kier molecular flexibility index (Phi) is 4.13. The van der Waals surface area contributed by atoms with Crippen molar-refractivity contribution < 1.29 is 8.95 Å². The van der Waals surface area contributed by atoms with E-state index in [1.54, 1.807) is 0 Å². The van der Waals surface area contributed by atoms with Crippen LogP contribution in [-0.4, -0.2) is 4.21 Å². The Morgan fingerprint density at radius 1 is 0.958 bits per heavy atom. The Morgan fingerprint density at radius 2 is 1.71 bits per heavy atom. The van der Waals surface area contributed by atoms with E-state index in [1.807, 2.05) is 66.7 Å². The van der Waals surface area contributed by atoms with Crippen molar-refractivity contribution in [3.05, 3.63) is 88.4 Å². The van der Waals surface area contributed by atoms with Gasteiger partial charge in [0.15, 0.2) is 0 Å². The van der Waals surface area contributed by atoms with Gasteiger partial charge >= 0.3 is 0 Å². The third-order valence-corrected chi connectivity index (χ3v) is 6.10. The van der Waals surface area contributed by atoms with E-state index in [4.69, 9.17) is 16.3 Å². The molecule has 0 fully saturated rings. The number of halogens is 1. The Labute approximate surface area is 148 Å². The van der Waals surface area contributed by atoms with Gasteiger partial charge in [-0.2, -0.15) is 0 Å². The first kappa shape index (κ1) is 15.4. The summed E-state index contributed by atoms with van der Waals surface area (Å²) in [6, 6.07) is 21.4. The van der Waals surface area contributed by atoms with Gasteiger partial charge in [0.25, 0.3) is 0 Å². The molecule has 1 atom stereocenters. The van der Waals surface area contributed by atoms with Gasteiger partial charge in [0.05, 0.1) is 15.7 Å². The smallest absolute Gasteiger partial charge is 0.136 e. The van der Waals surface area contributed by atoms with Gasteiger partial charge in [-0.25, -0.2) is 4.21 Å². The van der Waals surface area contributed by atoms with Crippen LogP contribution in [0.2, 0.25) is 5.02 Å². The zero-order chi connectivity index (χ0) is 16.5. The number of ether oxygens (including phenoxy) is 1. The first-order valence-electron chi connectivity index (χ1n) is 7.72. The highest BCUT2D eigenvalue weighted by atomic mass is 35.5. The summed E-state index contributed by atoms with van der Waals surface area (Å²) in [5, 5.41) is 0.639. The van der Waals surface area contributed by atoms with Gasteiger partial charge in [-0.05, 0) is 34.9 Å². The van der Waals surface area contributed by atoms with Gasteiger partial charge in [0, 0.05) is 16.3 Å². The van der Waals surface area contributed by atoms with Crippen LogP contribution < -0.4 is 4.74 Å². The van der Waals surface area contributed by atoms with Crippen LogP contribution in [-0.2, 0) is 23.8 Å². The lowest BCUT2D eigenvalue weighted by molar-refractivity contribution is 0.298. The zero-order valence-corrected chi connectivity index (χ0v) is 14.4. The molecule has 1 aliphatic rings. The molecular weight excluding hydrogens is 340 g/mol. The third-order valence-electron chi connectivity index (χ3n) is 4.13. The van der Waals surface area contributed by atoms with Crippen LogP contribution in [0.4, 0.5) is 0 Å². The maximum absolute atomic E-state index is 13.1. The number of hydrogen-bond donors (Lipinski definition) is 0. The second-order valence-corrected chi connectivity index (χ2v) is 7.47. The maximum atomic E-state index is 13.1. The fourth-order valence-corrected chi connectivity index (χ4v) is 4.73. The van der Waals surface area contributed by atoms with Crippen molar-refractivity contribution in [2.45, 2.75) is 22.8 Å². The largest absolute Gasteiger partial charge is 0.488 e. The summed E-state index contributed by atoms with van der Waals surface area (Å²) in [6.07, 6.45) is 0.679. The van der Waals surface area contributed by atoms with E-state index in [-0.39, 0.29) is 0 Å². The quantitative estimate of drug-likeness (QED) is 0.518. The molecular formula is C20H15ClO2S. The average Bonchev–Trinajstić information content (AvgIpc) is 2.63. The van der Waals surface area contributed by atoms with Crippen LogP contribution in [0.5, 0.6) is 5.75 Å². The molecule has 1 aliphatic heterocycles. The Bertz CT molecular complexity index is 922. The Hall–Kier alpha value is -2.10. The van der Waals surface area contributed by atoms with Gasteiger partial charge in [0.1, 0.15) is 12.4 Å². The van der Waals surface area contributed by atoms with E-state index < -0.39 is 10.8 Å². The monoisotopic (exact) mass is 354 g/mol. The lowest BCUT2D eigenvalue weighted by Gasteiger charge is -2.22. The summed E-state index contributed by atoms with van der Waals surface area (Å²) in [4.78, 5) is 1.55. The van der Waals surface area contributed by atoms with Gasteiger partial charge < -0.3 is 4.74 Å². The first-order valence-corrected chi connectivity index (χ1v) is 9.24. The van der Waals surface area contributed by atoms with E-state index in [9.17, 15) is 4.21 Å². The molecule has 3 aromatic rings. The summed E-state index contributed by atoms with van der Waals surface area (Å²) in [6.45, 7) is 0.438. The van der Waals surface area contributed by atoms with Gasteiger partial charge in [-0.3, -0.25) is 0 Å². The van der Waals surface area contributed by atoms with Crippen molar-refractivity contribution in [3.63, 3.8) is 0 Å².